The molecule has 9 nitrogen and oxygen atoms in total. The fourth-order valence-electron chi connectivity index (χ4n) is 1.29. The summed E-state index contributed by atoms with van der Waals surface area (Å²) in [6.45, 7) is 0.00902. The minimum atomic E-state index is -1.28. The molecule has 0 unspecified atom stereocenters. The van der Waals surface area contributed by atoms with E-state index in [2.05, 4.69) is 5.32 Å². The number of halogens is 1. The van der Waals surface area contributed by atoms with Gasteiger partial charge in [-0.05, 0) is 0 Å². The Morgan fingerprint density at radius 2 is 1.84 bits per heavy atom. The summed E-state index contributed by atoms with van der Waals surface area (Å²) in [5, 5.41) is 23.3. The van der Waals surface area contributed by atoms with E-state index in [4.69, 9.17) is 5.73 Å². The Hall–Kier alpha value is -2.62. The molecule has 1 aromatic rings. The van der Waals surface area contributed by atoms with Gasteiger partial charge in [0.2, 0.25) is 11.7 Å². The number of carbonyl (C=O) groups is 1. The van der Waals surface area contributed by atoms with Gasteiger partial charge in [0.25, 0.3) is 5.69 Å². The molecule has 0 atom stereocenters. The molecule has 0 saturated heterocycles. The van der Waals surface area contributed by atoms with E-state index in [-0.39, 0.29) is 13.0 Å². The normalized spacial score (nSPS) is 10.0. The maximum Gasteiger partial charge on any atom is 0.311 e. The topological polar surface area (TPSA) is 141 Å². The number of carbonyl (C=O) groups excluding carboxylic acids is 1. The average Bonchev–Trinajstić information content (AvgIpc) is 2.28. The molecule has 0 aliphatic rings. The highest BCUT2D eigenvalue weighted by Crippen LogP contribution is 2.31. The first-order chi connectivity index (χ1) is 8.86. The zero-order chi connectivity index (χ0) is 14.6. The second-order valence-corrected chi connectivity index (χ2v) is 3.42. The number of hydrogen-bond donors (Lipinski definition) is 2. The van der Waals surface area contributed by atoms with Crippen molar-refractivity contribution >= 4 is 23.0 Å². The summed E-state index contributed by atoms with van der Waals surface area (Å²) in [7, 11) is 0. The smallest absolute Gasteiger partial charge is 0.311 e. The van der Waals surface area contributed by atoms with Gasteiger partial charge in [-0.25, -0.2) is 0 Å². The zero-order valence-corrected chi connectivity index (χ0v) is 9.46. The third kappa shape index (κ3) is 3.42. The molecule has 0 aromatic heterocycles. The SMILES string of the molecule is NCCC(=O)Nc1cc(F)c([N+](=O)[O-])cc1[N+](=O)[O-]. The molecule has 19 heavy (non-hydrogen) atoms. The molecule has 1 aromatic carbocycles. The monoisotopic (exact) mass is 272 g/mol. The van der Waals surface area contributed by atoms with Crippen LogP contribution in [-0.4, -0.2) is 22.3 Å². The number of nitro groups is 2. The van der Waals surface area contributed by atoms with E-state index < -0.39 is 38.6 Å². The molecule has 1 rings (SSSR count). The van der Waals surface area contributed by atoms with Crippen LogP contribution in [0.15, 0.2) is 12.1 Å². The van der Waals surface area contributed by atoms with Crippen LogP contribution in [0.1, 0.15) is 6.42 Å². The van der Waals surface area contributed by atoms with Gasteiger partial charge in [-0.2, -0.15) is 4.39 Å². The molecule has 3 N–H and O–H groups in total. The summed E-state index contributed by atoms with van der Waals surface area (Å²) in [6, 6.07) is 0.984. The molecule has 0 saturated carbocycles. The Bertz CT molecular complexity index is 548. The van der Waals surface area contributed by atoms with Gasteiger partial charge in [-0.1, -0.05) is 0 Å². The van der Waals surface area contributed by atoms with Crippen LogP contribution in [-0.2, 0) is 4.79 Å². The van der Waals surface area contributed by atoms with Gasteiger partial charge in [-0.3, -0.25) is 25.0 Å². The highest BCUT2D eigenvalue weighted by atomic mass is 19.1. The van der Waals surface area contributed by atoms with E-state index in [0.29, 0.717) is 12.1 Å². The first-order valence-corrected chi connectivity index (χ1v) is 4.99. The molecular weight excluding hydrogens is 263 g/mol. The highest BCUT2D eigenvalue weighted by molar-refractivity contribution is 5.93. The van der Waals surface area contributed by atoms with E-state index in [1.54, 1.807) is 0 Å². The van der Waals surface area contributed by atoms with Crippen molar-refractivity contribution in [3.05, 3.63) is 38.2 Å². The number of nitrogens with zero attached hydrogens (tertiary/aromatic N) is 2. The molecule has 0 heterocycles. The predicted octanol–water partition coefficient (Wildman–Crippen LogP) is 0.929. The summed E-state index contributed by atoms with van der Waals surface area (Å²) in [5.41, 5.74) is 2.86. The van der Waals surface area contributed by atoms with Crippen molar-refractivity contribution in [1.82, 2.24) is 0 Å². The number of amides is 1. The Kier molecular flexibility index (Phi) is 4.42. The summed E-state index contributed by atoms with van der Waals surface area (Å²) in [4.78, 5) is 30.4. The average molecular weight is 272 g/mol. The molecule has 0 fully saturated rings. The molecule has 0 aliphatic heterocycles. The van der Waals surface area contributed by atoms with Gasteiger partial charge in [0, 0.05) is 19.0 Å². The van der Waals surface area contributed by atoms with E-state index in [1.807, 2.05) is 0 Å². The molecule has 0 spiro atoms. The molecular formula is C9H9FN4O5. The van der Waals surface area contributed by atoms with Gasteiger partial charge in [0.05, 0.1) is 15.9 Å². The van der Waals surface area contributed by atoms with Crippen molar-refractivity contribution in [1.29, 1.82) is 0 Å². The maximum absolute atomic E-state index is 13.3. The van der Waals surface area contributed by atoms with Crippen LogP contribution in [0.2, 0.25) is 0 Å². The quantitative estimate of drug-likeness (QED) is 0.603. The van der Waals surface area contributed by atoms with E-state index in [0.717, 1.165) is 0 Å². The van der Waals surface area contributed by atoms with Crippen molar-refractivity contribution in [2.75, 3.05) is 11.9 Å². The van der Waals surface area contributed by atoms with Gasteiger partial charge >= 0.3 is 5.69 Å². The molecule has 1 amide bonds. The second-order valence-electron chi connectivity index (χ2n) is 3.42. The van der Waals surface area contributed by atoms with Crippen molar-refractivity contribution in [3.63, 3.8) is 0 Å². The summed E-state index contributed by atoms with van der Waals surface area (Å²) in [5.74, 6) is -1.93. The molecule has 0 bridgehead atoms. The number of nitrogens with two attached hydrogens (primary N) is 1. The van der Waals surface area contributed by atoms with Crippen molar-refractivity contribution < 1.29 is 19.0 Å². The largest absolute Gasteiger partial charge is 0.330 e. The summed E-state index contributed by atoms with van der Waals surface area (Å²) >= 11 is 0. The van der Waals surface area contributed by atoms with Crippen LogP contribution in [0.4, 0.5) is 21.5 Å². The summed E-state index contributed by atoms with van der Waals surface area (Å²) < 4.78 is 13.3. The van der Waals surface area contributed by atoms with Crippen LogP contribution < -0.4 is 11.1 Å². The first-order valence-electron chi connectivity index (χ1n) is 4.99. The Morgan fingerprint density at radius 1 is 1.26 bits per heavy atom. The standard InChI is InChI=1S/C9H9FN4O5/c10-5-3-6(12-9(15)1-2-11)8(14(18)19)4-7(5)13(16)17/h3-4H,1-2,11H2,(H,12,15). The lowest BCUT2D eigenvalue weighted by atomic mass is 10.2. The molecule has 10 heteroatoms. The number of anilines is 1. The van der Waals surface area contributed by atoms with Gasteiger partial charge < -0.3 is 11.1 Å². The number of benzene rings is 1. The van der Waals surface area contributed by atoms with E-state index in [1.165, 1.54) is 0 Å². The number of nitro benzene ring substituents is 2. The maximum atomic E-state index is 13.3. The predicted molar refractivity (Wildman–Crippen MR) is 62.0 cm³/mol. The molecule has 0 aliphatic carbocycles. The van der Waals surface area contributed by atoms with Crippen LogP contribution in [0.25, 0.3) is 0 Å². The number of hydrogen-bond acceptors (Lipinski definition) is 6. The minimum absolute atomic E-state index is 0.00902. The first kappa shape index (κ1) is 14.4. The summed E-state index contributed by atoms with van der Waals surface area (Å²) in [6.07, 6.45) is -0.115. The van der Waals surface area contributed by atoms with E-state index >= 15 is 0 Å². The zero-order valence-electron chi connectivity index (χ0n) is 9.46. The molecule has 102 valence electrons. The number of rotatable bonds is 5. The van der Waals surface area contributed by atoms with E-state index in [9.17, 15) is 29.4 Å². The second kappa shape index (κ2) is 5.82. The lowest BCUT2D eigenvalue weighted by Gasteiger charge is -2.05. The van der Waals surface area contributed by atoms with Crippen molar-refractivity contribution in [2.45, 2.75) is 6.42 Å². The van der Waals surface area contributed by atoms with Gasteiger partial charge in [0.15, 0.2) is 0 Å². The fraction of sp³-hybridized carbons (Fsp3) is 0.222. The third-order valence-corrected chi connectivity index (χ3v) is 2.10. The third-order valence-electron chi connectivity index (χ3n) is 2.10. The Balaban J connectivity index is 3.23. The highest BCUT2D eigenvalue weighted by Gasteiger charge is 2.25. The lowest BCUT2D eigenvalue weighted by Crippen LogP contribution is -2.17. The van der Waals surface area contributed by atoms with Crippen molar-refractivity contribution in [3.8, 4) is 0 Å². The Morgan fingerprint density at radius 3 is 2.32 bits per heavy atom. The fourth-order valence-corrected chi connectivity index (χ4v) is 1.29. The minimum Gasteiger partial charge on any atom is -0.330 e. The van der Waals surface area contributed by atoms with Crippen LogP contribution >= 0.6 is 0 Å². The molecule has 0 radical (unpaired) electrons. The number of nitrogens with one attached hydrogen (secondary N) is 1. The van der Waals surface area contributed by atoms with Crippen LogP contribution in [0.3, 0.4) is 0 Å². The van der Waals surface area contributed by atoms with Gasteiger partial charge in [-0.15, -0.1) is 0 Å². The van der Waals surface area contributed by atoms with Gasteiger partial charge in [0.1, 0.15) is 5.69 Å². The van der Waals surface area contributed by atoms with Crippen molar-refractivity contribution in [2.24, 2.45) is 5.73 Å². The lowest BCUT2D eigenvalue weighted by molar-refractivity contribution is -0.395. The van der Waals surface area contributed by atoms with Crippen LogP contribution in [0.5, 0.6) is 0 Å². The van der Waals surface area contributed by atoms with Crippen LogP contribution in [0, 0.1) is 26.0 Å². The Labute approximate surface area is 105 Å².